The largest absolute Gasteiger partial charge is 0.365 e. The van der Waals surface area contributed by atoms with Crippen LogP contribution in [-0.2, 0) is 4.74 Å². The molecule has 0 spiro atoms. The molecule has 0 saturated heterocycles. The van der Waals surface area contributed by atoms with Crippen molar-refractivity contribution >= 4 is 27.3 Å². The molecule has 0 aliphatic rings. The maximum Gasteiger partial charge on any atom is 0.261 e. The SMILES string of the molecule is NCC(OCC(F)F)c1ccc(Br)s1. The molecule has 1 atom stereocenters. The summed E-state index contributed by atoms with van der Waals surface area (Å²) in [5, 5.41) is 0. The first-order chi connectivity index (χ1) is 6.63. The molecule has 0 radical (unpaired) electrons. The predicted molar refractivity (Wildman–Crippen MR) is 55.8 cm³/mol. The standard InChI is InChI=1S/C8H10BrF2NOS/c9-7-2-1-6(14-7)5(3-12)13-4-8(10)11/h1-2,5,8H,3-4,12H2. The van der Waals surface area contributed by atoms with Crippen molar-refractivity contribution in [3.05, 3.63) is 20.8 Å². The summed E-state index contributed by atoms with van der Waals surface area (Å²) in [7, 11) is 0. The molecular formula is C8H10BrF2NOS. The summed E-state index contributed by atoms with van der Waals surface area (Å²) in [5.41, 5.74) is 5.42. The van der Waals surface area contributed by atoms with Gasteiger partial charge in [-0.05, 0) is 28.1 Å². The molecule has 1 unspecified atom stereocenters. The summed E-state index contributed by atoms with van der Waals surface area (Å²) in [6.07, 6.45) is -2.88. The van der Waals surface area contributed by atoms with Crippen molar-refractivity contribution in [2.24, 2.45) is 5.73 Å². The number of ether oxygens (including phenoxy) is 1. The van der Waals surface area contributed by atoms with Crippen LogP contribution < -0.4 is 5.73 Å². The van der Waals surface area contributed by atoms with Crippen LogP contribution in [0.25, 0.3) is 0 Å². The molecule has 0 amide bonds. The summed E-state index contributed by atoms with van der Waals surface area (Å²) in [5.74, 6) is 0. The maximum atomic E-state index is 11.9. The van der Waals surface area contributed by atoms with E-state index in [1.54, 1.807) is 0 Å². The van der Waals surface area contributed by atoms with Crippen LogP contribution in [0.3, 0.4) is 0 Å². The van der Waals surface area contributed by atoms with Gasteiger partial charge in [0.1, 0.15) is 12.7 Å². The van der Waals surface area contributed by atoms with E-state index < -0.39 is 19.1 Å². The van der Waals surface area contributed by atoms with Crippen molar-refractivity contribution in [1.82, 2.24) is 0 Å². The van der Waals surface area contributed by atoms with Gasteiger partial charge in [0.25, 0.3) is 6.43 Å². The number of halogens is 3. The van der Waals surface area contributed by atoms with Gasteiger partial charge in [0.15, 0.2) is 0 Å². The van der Waals surface area contributed by atoms with Gasteiger partial charge in [-0.2, -0.15) is 0 Å². The molecule has 0 aliphatic heterocycles. The molecule has 1 aromatic heterocycles. The van der Waals surface area contributed by atoms with Crippen LogP contribution in [0.4, 0.5) is 8.78 Å². The fourth-order valence-electron chi connectivity index (χ4n) is 0.957. The van der Waals surface area contributed by atoms with E-state index in [9.17, 15) is 8.78 Å². The second-order valence-electron chi connectivity index (χ2n) is 2.59. The Balaban J connectivity index is 2.54. The van der Waals surface area contributed by atoms with Crippen LogP contribution in [0.1, 0.15) is 11.0 Å². The number of hydrogen-bond acceptors (Lipinski definition) is 3. The fourth-order valence-corrected chi connectivity index (χ4v) is 2.44. The number of thiophene rings is 1. The Labute approximate surface area is 93.2 Å². The Morgan fingerprint density at radius 1 is 1.50 bits per heavy atom. The number of hydrogen-bond donors (Lipinski definition) is 1. The van der Waals surface area contributed by atoms with Crippen molar-refractivity contribution in [1.29, 1.82) is 0 Å². The quantitative estimate of drug-likeness (QED) is 0.903. The third-order valence-corrected chi connectivity index (χ3v) is 3.26. The molecule has 0 bridgehead atoms. The molecule has 1 aromatic rings. The van der Waals surface area contributed by atoms with E-state index >= 15 is 0 Å². The summed E-state index contributed by atoms with van der Waals surface area (Å²) in [4.78, 5) is 0.861. The van der Waals surface area contributed by atoms with E-state index in [2.05, 4.69) is 15.9 Å². The molecule has 14 heavy (non-hydrogen) atoms. The van der Waals surface area contributed by atoms with Crippen molar-refractivity contribution in [3.63, 3.8) is 0 Å². The Kier molecular flexibility index (Phi) is 4.94. The van der Waals surface area contributed by atoms with Crippen LogP contribution in [0, 0.1) is 0 Å². The molecule has 6 heteroatoms. The monoisotopic (exact) mass is 285 g/mol. The second kappa shape index (κ2) is 5.75. The Bertz CT molecular complexity index is 282. The van der Waals surface area contributed by atoms with Crippen LogP contribution in [0.5, 0.6) is 0 Å². The molecule has 1 rings (SSSR count). The Hall–Kier alpha value is -0.0400. The van der Waals surface area contributed by atoms with Gasteiger partial charge in [-0.1, -0.05) is 0 Å². The lowest BCUT2D eigenvalue weighted by Gasteiger charge is -2.13. The minimum absolute atomic E-state index is 0.208. The molecule has 1 heterocycles. The topological polar surface area (TPSA) is 35.2 Å². The second-order valence-corrected chi connectivity index (χ2v) is 5.09. The van der Waals surface area contributed by atoms with Gasteiger partial charge in [-0.25, -0.2) is 8.78 Å². The zero-order valence-electron chi connectivity index (χ0n) is 7.25. The lowest BCUT2D eigenvalue weighted by Crippen LogP contribution is -2.17. The smallest absolute Gasteiger partial charge is 0.261 e. The summed E-state index contributed by atoms with van der Waals surface area (Å²) >= 11 is 4.72. The third kappa shape index (κ3) is 3.61. The first-order valence-corrected chi connectivity index (χ1v) is 5.59. The highest BCUT2D eigenvalue weighted by Gasteiger charge is 2.14. The highest BCUT2D eigenvalue weighted by molar-refractivity contribution is 9.11. The van der Waals surface area contributed by atoms with Gasteiger partial charge in [-0.15, -0.1) is 11.3 Å². The van der Waals surface area contributed by atoms with E-state index in [1.165, 1.54) is 11.3 Å². The number of alkyl halides is 2. The van der Waals surface area contributed by atoms with Crippen molar-refractivity contribution in [2.45, 2.75) is 12.5 Å². The summed E-state index contributed by atoms with van der Waals surface area (Å²) in [6, 6.07) is 3.66. The Morgan fingerprint density at radius 2 is 2.21 bits per heavy atom. The van der Waals surface area contributed by atoms with E-state index in [-0.39, 0.29) is 6.54 Å². The molecule has 0 fully saturated rings. The van der Waals surface area contributed by atoms with Gasteiger partial charge in [0.05, 0.1) is 3.79 Å². The highest BCUT2D eigenvalue weighted by atomic mass is 79.9. The lowest BCUT2D eigenvalue weighted by atomic mass is 10.3. The van der Waals surface area contributed by atoms with Crippen LogP contribution >= 0.6 is 27.3 Å². The van der Waals surface area contributed by atoms with E-state index in [0.717, 1.165) is 8.66 Å². The molecule has 0 aliphatic carbocycles. The molecule has 2 nitrogen and oxygen atoms in total. The number of rotatable bonds is 5. The highest BCUT2D eigenvalue weighted by Crippen LogP contribution is 2.28. The van der Waals surface area contributed by atoms with Crippen LogP contribution in [-0.4, -0.2) is 19.6 Å². The first kappa shape index (κ1) is 12.0. The molecule has 80 valence electrons. The van der Waals surface area contributed by atoms with Crippen LogP contribution in [0.2, 0.25) is 0 Å². The lowest BCUT2D eigenvalue weighted by molar-refractivity contribution is -0.0204. The van der Waals surface area contributed by atoms with Gasteiger partial charge in [0.2, 0.25) is 0 Å². The minimum Gasteiger partial charge on any atom is -0.365 e. The molecular weight excluding hydrogens is 276 g/mol. The zero-order chi connectivity index (χ0) is 10.6. The van der Waals surface area contributed by atoms with Crippen molar-refractivity contribution < 1.29 is 13.5 Å². The van der Waals surface area contributed by atoms with E-state index in [0.29, 0.717) is 0 Å². The van der Waals surface area contributed by atoms with E-state index in [4.69, 9.17) is 10.5 Å². The zero-order valence-corrected chi connectivity index (χ0v) is 9.65. The van der Waals surface area contributed by atoms with Gasteiger partial charge in [-0.3, -0.25) is 0 Å². The molecule has 0 aromatic carbocycles. The summed E-state index contributed by atoms with van der Waals surface area (Å²) < 4.78 is 29.7. The van der Waals surface area contributed by atoms with E-state index in [1.807, 2.05) is 12.1 Å². The van der Waals surface area contributed by atoms with Crippen LogP contribution in [0.15, 0.2) is 15.9 Å². The summed E-state index contributed by atoms with van der Waals surface area (Å²) in [6.45, 7) is -0.364. The fraction of sp³-hybridized carbons (Fsp3) is 0.500. The average Bonchev–Trinajstić information content (AvgIpc) is 2.53. The van der Waals surface area contributed by atoms with Crippen molar-refractivity contribution in [2.75, 3.05) is 13.2 Å². The third-order valence-electron chi connectivity index (χ3n) is 1.55. The van der Waals surface area contributed by atoms with Gasteiger partial charge < -0.3 is 10.5 Å². The van der Waals surface area contributed by atoms with Gasteiger partial charge in [0, 0.05) is 11.4 Å². The molecule has 2 N–H and O–H groups in total. The predicted octanol–water partition coefficient (Wildman–Crippen LogP) is 2.79. The number of nitrogens with two attached hydrogens (primary N) is 1. The maximum absolute atomic E-state index is 11.9. The normalized spacial score (nSPS) is 13.5. The van der Waals surface area contributed by atoms with Gasteiger partial charge >= 0.3 is 0 Å². The van der Waals surface area contributed by atoms with Crippen molar-refractivity contribution in [3.8, 4) is 0 Å². The average molecular weight is 286 g/mol. The molecule has 0 saturated carbocycles. The minimum atomic E-state index is -2.45. The first-order valence-electron chi connectivity index (χ1n) is 3.98. The Morgan fingerprint density at radius 3 is 2.64 bits per heavy atom.